The molecule has 0 aliphatic rings. The number of amidine groups is 1. The predicted molar refractivity (Wildman–Crippen MR) is 41.7 cm³/mol. The van der Waals surface area contributed by atoms with Crippen LogP contribution < -0.4 is 11.1 Å². The summed E-state index contributed by atoms with van der Waals surface area (Å²) in [6.07, 6.45) is 3.30. The van der Waals surface area contributed by atoms with E-state index in [0.29, 0.717) is 5.84 Å². The number of pyridine rings is 1. The third-order valence-corrected chi connectivity index (χ3v) is 1.01. The third kappa shape index (κ3) is 2.03. The van der Waals surface area contributed by atoms with Gasteiger partial charge in [-0.2, -0.15) is 0 Å². The molecular weight excluding hydrogens is 150 g/mol. The highest BCUT2D eigenvalue weighted by molar-refractivity contribution is 5.92. The number of nitrogens with two attached hydrogens (primary N) is 2. The van der Waals surface area contributed by atoms with Gasteiger partial charge in [0.05, 0.1) is 5.56 Å². The van der Waals surface area contributed by atoms with E-state index in [-0.39, 0.29) is 12.4 Å². The van der Waals surface area contributed by atoms with Crippen LogP contribution in [0, 0.1) is 0 Å². The Hall–Kier alpha value is -1.09. The molecular formula is C6H9ClN3+. The van der Waals surface area contributed by atoms with Crippen molar-refractivity contribution in [3.63, 3.8) is 0 Å². The van der Waals surface area contributed by atoms with Crippen molar-refractivity contribution >= 4 is 18.2 Å². The lowest BCUT2D eigenvalue weighted by molar-refractivity contribution is -0.114. The molecule has 0 radical (unpaired) electrons. The Morgan fingerprint density at radius 1 is 1.40 bits per heavy atom. The van der Waals surface area contributed by atoms with Crippen LogP contribution in [-0.2, 0) is 0 Å². The van der Waals surface area contributed by atoms with Crippen molar-refractivity contribution in [3.05, 3.63) is 30.1 Å². The zero-order valence-corrected chi connectivity index (χ0v) is 6.14. The smallest absolute Gasteiger partial charge is 0.270 e. The second-order valence-electron chi connectivity index (χ2n) is 1.69. The average Bonchev–Trinajstić information content (AvgIpc) is 1.90. The van der Waals surface area contributed by atoms with Gasteiger partial charge < -0.3 is 0 Å². The predicted octanol–water partition coefficient (Wildman–Crippen LogP) is -1.03. The van der Waals surface area contributed by atoms with Gasteiger partial charge in [-0.25, -0.2) is 0 Å². The number of aromatic nitrogens is 1. The lowest BCUT2D eigenvalue weighted by atomic mass is 10.2. The molecule has 0 aliphatic heterocycles. The maximum atomic E-state index is 5.28. The second-order valence-corrected chi connectivity index (χ2v) is 1.69. The first-order valence-electron chi connectivity index (χ1n) is 2.59. The summed E-state index contributed by atoms with van der Waals surface area (Å²) in [6.45, 7) is 0. The van der Waals surface area contributed by atoms with Crippen molar-refractivity contribution < 1.29 is 5.41 Å². The van der Waals surface area contributed by atoms with Crippen LogP contribution in [0.5, 0.6) is 0 Å². The number of rotatable bonds is 1. The van der Waals surface area contributed by atoms with Crippen LogP contribution in [0.1, 0.15) is 5.56 Å². The SMILES string of the molecule is Cl.NC(=[NH2+])c1ccncc1. The van der Waals surface area contributed by atoms with Gasteiger partial charge in [0.1, 0.15) is 0 Å². The van der Waals surface area contributed by atoms with Gasteiger partial charge in [-0.1, -0.05) is 0 Å². The molecule has 0 aromatic carbocycles. The Kier molecular flexibility index (Phi) is 3.43. The van der Waals surface area contributed by atoms with Gasteiger partial charge in [0, 0.05) is 12.4 Å². The van der Waals surface area contributed by atoms with Crippen molar-refractivity contribution in [3.8, 4) is 0 Å². The fraction of sp³-hybridized carbons (Fsp3) is 0. The second kappa shape index (κ2) is 3.85. The van der Waals surface area contributed by atoms with Gasteiger partial charge >= 0.3 is 0 Å². The maximum absolute atomic E-state index is 5.28. The van der Waals surface area contributed by atoms with Gasteiger partial charge in [0.25, 0.3) is 5.84 Å². The third-order valence-electron chi connectivity index (χ3n) is 1.01. The summed E-state index contributed by atoms with van der Waals surface area (Å²) in [5.74, 6) is 0.331. The van der Waals surface area contributed by atoms with Crippen LogP contribution in [-0.4, -0.2) is 10.8 Å². The van der Waals surface area contributed by atoms with Crippen molar-refractivity contribution in [2.24, 2.45) is 5.73 Å². The largest absolute Gasteiger partial charge is 0.287 e. The summed E-state index contributed by atoms with van der Waals surface area (Å²) in [5.41, 5.74) is 6.10. The standard InChI is InChI=1S/C6H7N3.ClH/c7-6(8)5-1-3-9-4-2-5;/h1-4H,(H3,7,8);1H/p+1. The fourth-order valence-corrected chi connectivity index (χ4v) is 0.544. The fourth-order valence-electron chi connectivity index (χ4n) is 0.544. The summed E-state index contributed by atoms with van der Waals surface area (Å²) >= 11 is 0. The van der Waals surface area contributed by atoms with E-state index in [0.717, 1.165) is 5.56 Å². The molecule has 0 unspecified atom stereocenters. The molecule has 3 nitrogen and oxygen atoms in total. The molecule has 54 valence electrons. The van der Waals surface area contributed by atoms with E-state index < -0.39 is 0 Å². The van der Waals surface area contributed by atoms with E-state index in [9.17, 15) is 0 Å². The van der Waals surface area contributed by atoms with Crippen LogP contribution >= 0.6 is 12.4 Å². The Morgan fingerprint density at radius 2 is 1.90 bits per heavy atom. The van der Waals surface area contributed by atoms with Crippen LogP contribution in [0.25, 0.3) is 0 Å². The monoisotopic (exact) mass is 158 g/mol. The first-order valence-corrected chi connectivity index (χ1v) is 2.59. The molecule has 0 fully saturated rings. The van der Waals surface area contributed by atoms with Crippen molar-refractivity contribution in [2.75, 3.05) is 0 Å². The number of halogens is 1. The zero-order valence-electron chi connectivity index (χ0n) is 5.32. The molecule has 0 saturated heterocycles. The van der Waals surface area contributed by atoms with E-state index in [1.165, 1.54) is 0 Å². The summed E-state index contributed by atoms with van der Waals surface area (Å²) in [7, 11) is 0. The molecule has 0 amide bonds. The first kappa shape index (κ1) is 8.91. The molecule has 1 rings (SSSR count). The summed E-state index contributed by atoms with van der Waals surface area (Å²) in [6, 6.07) is 3.52. The Bertz CT molecular complexity index is 209. The zero-order chi connectivity index (χ0) is 6.69. The van der Waals surface area contributed by atoms with Gasteiger partial charge in [-0.15, -0.1) is 12.4 Å². The molecule has 0 spiro atoms. The van der Waals surface area contributed by atoms with Crippen LogP contribution in [0.4, 0.5) is 0 Å². The lowest BCUT2D eigenvalue weighted by Gasteiger charge is -1.87. The van der Waals surface area contributed by atoms with Crippen LogP contribution in [0.15, 0.2) is 24.5 Å². The molecule has 4 N–H and O–H groups in total. The highest BCUT2D eigenvalue weighted by Gasteiger charge is 1.96. The molecule has 1 aromatic rings. The molecule has 4 heteroatoms. The van der Waals surface area contributed by atoms with E-state index >= 15 is 0 Å². The van der Waals surface area contributed by atoms with Crippen molar-refractivity contribution in [1.29, 1.82) is 0 Å². The average molecular weight is 159 g/mol. The maximum Gasteiger partial charge on any atom is 0.270 e. The quantitative estimate of drug-likeness (QED) is 0.406. The Morgan fingerprint density at radius 3 is 2.20 bits per heavy atom. The number of hydrogen-bond acceptors (Lipinski definition) is 1. The van der Waals surface area contributed by atoms with Gasteiger partial charge in [-0.3, -0.25) is 16.1 Å². The minimum Gasteiger partial charge on any atom is -0.287 e. The van der Waals surface area contributed by atoms with Crippen molar-refractivity contribution in [1.82, 2.24) is 4.98 Å². The van der Waals surface area contributed by atoms with Gasteiger partial charge in [0.15, 0.2) is 0 Å². The topological polar surface area (TPSA) is 64.5 Å². The van der Waals surface area contributed by atoms with E-state index in [1.807, 2.05) is 0 Å². The minimum absolute atomic E-state index is 0. The van der Waals surface area contributed by atoms with Crippen LogP contribution in [0.3, 0.4) is 0 Å². The molecule has 1 aromatic heterocycles. The van der Waals surface area contributed by atoms with Crippen molar-refractivity contribution in [2.45, 2.75) is 0 Å². The molecule has 1 heterocycles. The Balaban J connectivity index is 0.000000810. The van der Waals surface area contributed by atoms with Gasteiger partial charge in [0.2, 0.25) is 0 Å². The minimum atomic E-state index is 0. The molecule has 0 atom stereocenters. The molecule has 0 saturated carbocycles. The summed E-state index contributed by atoms with van der Waals surface area (Å²) in [5, 5.41) is 5.28. The highest BCUT2D eigenvalue weighted by Crippen LogP contribution is 1.90. The highest BCUT2D eigenvalue weighted by atomic mass is 35.5. The lowest BCUT2D eigenvalue weighted by Crippen LogP contribution is -2.46. The normalized spacial score (nSPS) is 8.00. The van der Waals surface area contributed by atoms with Gasteiger partial charge in [-0.05, 0) is 12.1 Å². The molecule has 0 aliphatic carbocycles. The van der Waals surface area contributed by atoms with E-state index in [2.05, 4.69) is 4.98 Å². The molecule has 10 heavy (non-hydrogen) atoms. The molecule has 0 bridgehead atoms. The number of hydrogen-bond donors (Lipinski definition) is 2. The van der Waals surface area contributed by atoms with E-state index in [4.69, 9.17) is 11.1 Å². The first-order chi connectivity index (χ1) is 4.30. The summed E-state index contributed by atoms with van der Waals surface area (Å²) in [4.78, 5) is 3.80. The van der Waals surface area contributed by atoms with E-state index in [1.54, 1.807) is 24.5 Å². The van der Waals surface area contributed by atoms with Crippen LogP contribution in [0.2, 0.25) is 0 Å². The summed E-state index contributed by atoms with van der Waals surface area (Å²) < 4.78 is 0. The Labute approximate surface area is 65.2 Å². The number of nitrogens with zero attached hydrogens (tertiary/aromatic N) is 1.